The molecule has 0 bridgehead atoms. The second kappa shape index (κ2) is 6.10. The summed E-state index contributed by atoms with van der Waals surface area (Å²) in [7, 11) is 0. The highest BCUT2D eigenvalue weighted by molar-refractivity contribution is 7.20. The number of hydrogen-bond acceptors (Lipinski definition) is 4. The van der Waals surface area contributed by atoms with E-state index in [4.69, 9.17) is 0 Å². The zero-order valence-electron chi connectivity index (χ0n) is 13.2. The Balaban J connectivity index is 1.72. The van der Waals surface area contributed by atoms with Crippen molar-refractivity contribution < 1.29 is 9.18 Å². The second-order valence-electron chi connectivity index (χ2n) is 5.50. The summed E-state index contributed by atoms with van der Waals surface area (Å²) in [5.41, 5.74) is 2.21. The van der Waals surface area contributed by atoms with Crippen LogP contribution in [-0.2, 0) is 0 Å². The van der Waals surface area contributed by atoms with E-state index in [0.29, 0.717) is 10.6 Å². The van der Waals surface area contributed by atoms with Gasteiger partial charge in [0.05, 0.1) is 28.1 Å². The van der Waals surface area contributed by atoms with E-state index in [1.165, 1.54) is 23.5 Å². The number of aryl methyl sites for hydroxylation is 1. The first-order valence-corrected chi connectivity index (χ1v) is 8.40. The van der Waals surface area contributed by atoms with Gasteiger partial charge in [-0.1, -0.05) is 0 Å². The molecule has 0 saturated carbocycles. The zero-order valence-corrected chi connectivity index (χ0v) is 14.0. The lowest BCUT2D eigenvalue weighted by Gasteiger charge is -2.03. The van der Waals surface area contributed by atoms with Crippen molar-refractivity contribution in [1.29, 1.82) is 0 Å². The van der Waals surface area contributed by atoms with Gasteiger partial charge in [0.15, 0.2) is 0 Å². The van der Waals surface area contributed by atoms with E-state index in [0.717, 1.165) is 21.6 Å². The molecule has 4 rings (SSSR count). The third-order valence-corrected chi connectivity index (χ3v) is 4.87. The number of anilines is 1. The van der Waals surface area contributed by atoms with Crippen LogP contribution in [0, 0.1) is 12.7 Å². The minimum atomic E-state index is -0.299. The lowest BCUT2D eigenvalue weighted by Crippen LogP contribution is -2.10. The fraction of sp³-hybridized carbons (Fsp3) is 0.0556. The Morgan fingerprint density at radius 1 is 1.24 bits per heavy atom. The monoisotopic (exact) mass is 352 g/mol. The lowest BCUT2D eigenvalue weighted by atomic mass is 10.3. The van der Waals surface area contributed by atoms with Gasteiger partial charge in [0.1, 0.15) is 10.6 Å². The first-order chi connectivity index (χ1) is 12.1. The molecule has 3 heterocycles. The van der Waals surface area contributed by atoms with Crippen LogP contribution in [0.5, 0.6) is 0 Å². The van der Waals surface area contributed by atoms with Crippen LogP contribution in [0.2, 0.25) is 0 Å². The Labute approximate surface area is 146 Å². The average molecular weight is 352 g/mol. The molecule has 124 valence electrons. The molecule has 4 aromatic rings. The summed E-state index contributed by atoms with van der Waals surface area (Å²) in [6.07, 6.45) is 3.24. The Kier molecular flexibility index (Phi) is 3.77. The molecule has 0 spiro atoms. The van der Waals surface area contributed by atoms with Gasteiger partial charge in [-0.05, 0) is 49.4 Å². The molecule has 5 nitrogen and oxygen atoms in total. The van der Waals surface area contributed by atoms with Gasteiger partial charge in [-0.15, -0.1) is 11.3 Å². The third kappa shape index (κ3) is 2.89. The van der Waals surface area contributed by atoms with Crippen LogP contribution in [0.1, 0.15) is 15.4 Å². The summed E-state index contributed by atoms with van der Waals surface area (Å²) in [6.45, 7) is 1.89. The molecule has 0 aliphatic rings. The van der Waals surface area contributed by atoms with E-state index in [9.17, 15) is 9.18 Å². The van der Waals surface area contributed by atoms with Crippen LogP contribution in [0.3, 0.4) is 0 Å². The number of pyridine rings is 1. The molecule has 0 atom stereocenters. The van der Waals surface area contributed by atoms with E-state index in [2.05, 4.69) is 15.4 Å². The van der Waals surface area contributed by atoms with E-state index >= 15 is 0 Å². The summed E-state index contributed by atoms with van der Waals surface area (Å²) in [4.78, 5) is 17.9. The molecule has 0 saturated heterocycles. The molecule has 0 aliphatic carbocycles. The molecule has 1 aromatic carbocycles. The van der Waals surface area contributed by atoms with Crippen LogP contribution in [-0.4, -0.2) is 20.7 Å². The van der Waals surface area contributed by atoms with Gasteiger partial charge in [-0.25, -0.2) is 9.07 Å². The molecule has 7 heteroatoms. The molecule has 0 aliphatic heterocycles. The van der Waals surface area contributed by atoms with Gasteiger partial charge in [-0.3, -0.25) is 9.78 Å². The van der Waals surface area contributed by atoms with Gasteiger partial charge < -0.3 is 5.32 Å². The Morgan fingerprint density at radius 2 is 2.04 bits per heavy atom. The van der Waals surface area contributed by atoms with E-state index in [1.54, 1.807) is 41.3 Å². The molecule has 0 fully saturated rings. The number of aromatic nitrogens is 3. The molecule has 1 amide bonds. The molecular weight excluding hydrogens is 339 g/mol. The topological polar surface area (TPSA) is 59.8 Å². The average Bonchev–Trinajstić information content (AvgIpc) is 3.18. The van der Waals surface area contributed by atoms with Gasteiger partial charge in [0.2, 0.25) is 0 Å². The van der Waals surface area contributed by atoms with Gasteiger partial charge in [-0.2, -0.15) is 5.10 Å². The maximum absolute atomic E-state index is 13.2. The maximum Gasteiger partial charge on any atom is 0.265 e. The Hall–Kier alpha value is -3.06. The van der Waals surface area contributed by atoms with Crippen LogP contribution < -0.4 is 5.32 Å². The van der Waals surface area contributed by atoms with Crippen LogP contribution in [0.25, 0.3) is 15.9 Å². The highest BCUT2D eigenvalue weighted by atomic mass is 32.1. The largest absolute Gasteiger partial charge is 0.320 e. The number of nitrogens with zero attached hydrogens (tertiary/aromatic N) is 3. The van der Waals surface area contributed by atoms with Crippen molar-refractivity contribution in [2.75, 3.05) is 5.32 Å². The number of rotatable bonds is 3. The van der Waals surface area contributed by atoms with Crippen LogP contribution in [0.15, 0.2) is 54.9 Å². The van der Waals surface area contributed by atoms with Crippen LogP contribution >= 0.6 is 11.3 Å². The van der Waals surface area contributed by atoms with Crippen LogP contribution in [0.4, 0.5) is 10.1 Å². The van der Waals surface area contributed by atoms with Gasteiger partial charge in [0, 0.05) is 11.6 Å². The Morgan fingerprint density at radius 3 is 2.76 bits per heavy atom. The smallest absolute Gasteiger partial charge is 0.265 e. The molecule has 0 unspecified atom stereocenters. The first-order valence-electron chi connectivity index (χ1n) is 7.58. The Bertz CT molecular complexity index is 1050. The third-order valence-electron chi connectivity index (χ3n) is 3.76. The predicted octanol–water partition coefficient (Wildman–Crippen LogP) is 4.18. The fourth-order valence-corrected chi connectivity index (χ4v) is 3.62. The number of carbonyl (C=O) groups is 1. The molecule has 1 N–H and O–H groups in total. The van der Waals surface area contributed by atoms with Crippen molar-refractivity contribution in [2.45, 2.75) is 6.92 Å². The number of thiophene rings is 1. The van der Waals surface area contributed by atoms with Gasteiger partial charge >= 0.3 is 0 Å². The highest BCUT2D eigenvalue weighted by Crippen LogP contribution is 2.30. The first kappa shape index (κ1) is 15.5. The number of amides is 1. The summed E-state index contributed by atoms with van der Waals surface area (Å²) >= 11 is 1.35. The quantitative estimate of drug-likeness (QED) is 0.602. The minimum absolute atomic E-state index is 0.195. The second-order valence-corrected chi connectivity index (χ2v) is 6.53. The van der Waals surface area contributed by atoms with E-state index < -0.39 is 0 Å². The van der Waals surface area contributed by atoms with Crippen molar-refractivity contribution in [3.63, 3.8) is 0 Å². The molecule has 25 heavy (non-hydrogen) atoms. The number of carbonyl (C=O) groups excluding carboxylic acids is 1. The van der Waals surface area contributed by atoms with Gasteiger partial charge in [0.25, 0.3) is 5.91 Å². The highest BCUT2D eigenvalue weighted by Gasteiger charge is 2.17. The molecule has 3 aromatic heterocycles. The summed E-state index contributed by atoms with van der Waals surface area (Å²) in [5, 5.41) is 8.23. The van der Waals surface area contributed by atoms with Crippen molar-refractivity contribution in [1.82, 2.24) is 14.8 Å². The number of nitrogens with one attached hydrogen (secondary N) is 1. The van der Waals surface area contributed by atoms with Crippen molar-refractivity contribution in [2.24, 2.45) is 0 Å². The molecular formula is C18H13FN4OS. The summed E-state index contributed by atoms with van der Waals surface area (Å²) in [6, 6.07) is 11.5. The number of hydrogen-bond donors (Lipinski definition) is 1. The molecule has 0 radical (unpaired) electrons. The summed E-state index contributed by atoms with van der Waals surface area (Å²) in [5.74, 6) is -0.495. The van der Waals surface area contributed by atoms with E-state index in [-0.39, 0.29) is 11.7 Å². The number of fused-ring (bicyclic) bond motifs is 1. The fourth-order valence-electron chi connectivity index (χ4n) is 2.55. The van der Waals surface area contributed by atoms with Crippen molar-refractivity contribution in [3.05, 3.63) is 71.2 Å². The minimum Gasteiger partial charge on any atom is -0.320 e. The summed E-state index contributed by atoms with van der Waals surface area (Å²) < 4.78 is 14.9. The maximum atomic E-state index is 13.2. The van der Waals surface area contributed by atoms with E-state index in [1.807, 2.05) is 13.0 Å². The zero-order chi connectivity index (χ0) is 17.4. The SMILES string of the molecule is Cc1nn(-c2ccc(F)cc2)c2sc(C(=O)Nc3cccnc3)cc12. The number of halogens is 1. The van der Waals surface area contributed by atoms with Crippen molar-refractivity contribution >= 4 is 33.1 Å². The van der Waals surface area contributed by atoms with Crippen molar-refractivity contribution in [3.8, 4) is 5.69 Å². The predicted molar refractivity (Wildman–Crippen MR) is 95.8 cm³/mol. The number of benzene rings is 1. The standard InChI is InChI=1S/C18H13FN4OS/c1-11-15-9-16(17(24)21-13-3-2-8-20-10-13)25-18(15)23(22-11)14-6-4-12(19)5-7-14/h2-10H,1H3,(H,21,24). The normalized spacial score (nSPS) is 11.0. The lowest BCUT2D eigenvalue weighted by molar-refractivity contribution is 0.103.